The van der Waals surface area contributed by atoms with E-state index < -0.39 is 10.0 Å². The van der Waals surface area contributed by atoms with Crippen molar-refractivity contribution in [2.45, 2.75) is 77.9 Å². The summed E-state index contributed by atoms with van der Waals surface area (Å²) in [6, 6.07) is 2.59. The lowest BCUT2D eigenvalue weighted by Gasteiger charge is -2.29. The molecule has 164 valence electrons. The third kappa shape index (κ3) is 3.48. The average molecular weight is 432 g/mol. The Labute approximate surface area is 180 Å². The van der Waals surface area contributed by atoms with E-state index in [1.807, 2.05) is 27.7 Å². The summed E-state index contributed by atoms with van der Waals surface area (Å²) < 4.78 is 30.9. The predicted octanol–water partition coefficient (Wildman–Crippen LogP) is 2.91. The van der Waals surface area contributed by atoms with Crippen LogP contribution in [0.5, 0.6) is 0 Å². The molecule has 1 aromatic heterocycles. The van der Waals surface area contributed by atoms with Gasteiger partial charge in [-0.15, -0.1) is 10.2 Å². The summed E-state index contributed by atoms with van der Waals surface area (Å²) >= 11 is 0. The van der Waals surface area contributed by atoms with Gasteiger partial charge < -0.3 is 9.47 Å². The highest BCUT2D eigenvalue weighted by atomic mass is 32.2. The van der Waals surface area contributed by atoms with Gasteiger partial charge in [-0.25, -0.2) is 8.42 Å². The summed E-state index contributed by atoms with van der Waals surface area (Å²) in [5, 5.41) is 8.89. The molecule has 1 saturated heterocycles. The first kappa shape index (κ1) is 21.5. The average Bonchev–Trinajstić information content (AvgIpc) is 3.32. The molecule has 8 heteroatoms. The van der Waals surface area contributed by atoms with Gasteiger partial charge in [0, 0.05) is 31.6 Å². The number of rotatable bonds is 4. The van der Waals surface area contributed by atoms with Crippen LogP contribution in [-0.4, -0.2) is 58.1 Å². The second-order valence-corrected chi connectivity index (χ2v) is 11.0. The maximum absolute atomic E-state index is 13.6. The highest BCUT2D eigenvalue weighted by molar-refractivity contribution is 7.89. The van der Waals surface area contributed by atoms with E-state index in [0.29, 0.717) is 29.9 Å². The van der Waals surface area contributed by atoms with E-state index >= 15 is 0 Å². The number of hydrogen-bond donors (Lipinski definition) is 0. The first-order chi connectivity index (χ1) is 14.1. The van der Waals surface area contributed by atoms with Gasteiger partial charge in [0.25, 0.3) is 0 Å². The van der Waals surface area contributed by atoms with E-state index in [9.17, 15) is 8.42 Å². The van der Waals surface area contributed by atoms with E-state index in [1.54, 1.807) is 4.31 Å². The van der Waals surface area contributed by atoms with Crippen LogP contribution in [0.15, 0.2) is 11.0 Å². The molecule has 0 spiro atoms. The lowest BCUT2D eigenvalue weighted by molar-refractivity contribution is 0.270. The fraction of sp³-hybridized carbons (Fsp3) is 0.636. The van der Waals surface area contributed by atoms with Crippen LogP contribution in [0, 0.1) is 27.7 Å². The Kier molecular flexibility index (Phi) is 5.53. The lowest BCUT2D eigenvalue weighted by Crippen LogP contribution is -2.39. The van der Waals surface area contributed by atoms with Crippen LogP contribution in [0.25, 0.3) is 0 Å². The van der Waals surface area contributed by atoms with Crippen molar-refractivity contribution < 1.29 is 8.42 Å². The zero-order valence-corrected chi connectivity index (χ0v) is 19.8. The molecule has 2 aliphatic heterocycles. The summed E-state index contributed by atoms with van der Waals surface area (Å²) in [6.45, 7) is 15.6. The second kappa shape index (κ2) is 7.73. The van der Waals surface area contributed by atoms with Crippen LogP contribution >= 0.6 is 0 Å². The number of nitrogens with zero attached hydrogens (tertiary/aromatic N) is 5. The Morgan fingerprint density at radius 2 is 1.67 bits per heavy atom. The Morgan fingerprint density at radius 3 is 2.27 bits per heavy atom. The Morgan fingerprint density at radius 1 is 1.00 bits per heavy atom. The molecular formula is C22H33N5O2S. The number of fused-ring (bicyclic) bond motifs is 1. The molecule has 0 aliphatic carbocycles. The monoisotopic (exact) mass is 431 g/mol. The van der Waals surface area contributed by atoms with E-state index in [1.165, 1.54) is 0 Å². The molecule has 4 rings (SSSR count). The van der Waals surface area contributed by atoms with E-state index in [4.69, 9.17) is 0 Å². The largest absolute Gasteiger partial charge is 0.312 e. The highest BCUT2D eigenvalue weighted by Gasteiger charge is 2.36. The maximum Gasteiger partial charge on any atom is 0.244 e. The van der Waals surface area contributed by atoms with E-state index in [0.717, 1.165) is 53.4 Å². The van der Waals surface area contributed by atoms with Crippen molar-refractivity contribution in [1.82, 2.24) is 24.0 Å². The van der Waals surface area contributed by atoms with Crippen LogP contribution in [0.1, 0.15) is 60.1 Å². The molecule has 2 aromatic rings. The van der Waals surface area contributed by atoms with Crippen molar-refractivity contribution in [1.29, 1.82) is 0 Å². The molecule has 0 radical (unpaired) electrons. The summed E-state index contributed by atoms with van der Waals surface area (Å²) in [5.74, 6) is 2.15. The van der Waals surface area contributed by atoms with Gasteiger partial charge in [-0.05, 0) is 76.8 Å². The summed E-state index contributed by atoms with van der Waals surface area (Å²) in [7, 11) is -3.60. The van der Waals surface area contributed by atoms with Crippen molar-refractivity contribution in [3.63, 3.8) is 0 Å². The molecule has 3 heterocycles. The molecule has 30 heavy (non-hydrogen) atoms. The van der Waals surface area contributed by atoms with Gasteiger partial charge in [0.2, 0.25) is 10.0 Å². The van der Waals surface area contributed by atoms with Gasteiger partial charge in [-0.2, -0.15) is 4.31 Å². The van der Waals surface area contributed by atoms with Gasteiger partial charge in [0.1, 0.15) is 11.6 Å². The minimum absolute atomic E-state index is 0.280. The first-order valence-corrected chi connectivity index (χ1v) is 12.3. The molecule has 2 aliphatic rings. The Bertz CT molecular complexity index is 1050. The molecule has 1 aromatic carbocycles. The van der Waals surface area contributed by atoms with Crippen molar-refractivity contribution in [3.8, 4) is 0 Å². The van der Waals surface area contributed by atoms with Crippen molar-refractivity contribution >= 4 is 10.0 Å². The predicted molar refractivity (Wildman–Crippen MR) is 117 cm³/mol. The number of hydrogen-bond acceptors (Lipinski definition) is 5. The van der Waals surface area contributed by atoms with E-state index in [2.05, 4.69) is 39.6 Å². The molecule has 0 N–H and O–H groups in total. The molecule has 0 amide bonds. The molecule has 1 atom stereocenters. The molecule has 0 saturated carbocycles. The van der Waals surface area contributed by atoms with Crippen LogP contribution < -0.4 is 0 Å². The van der Waals surface area contributed by atoms with Crippen LogP contribution in [0.2, 0.25) is 0 Å². The van der Waals surface area contributed by atoms with Gasteiger partial charge in [-0.1, -0.05) is 6.07 Å². The number of benzene rings is 1. The number of sulfonamides is 1. The minimum Gasteiger partial charge on any atom is -0.312 e. The topological polar surface area (TPSA) is 71.3 Å². The Balaban J connectivity index is 1.61. The fourth-order valence-electron chi connectivity index (χ4n) is 4.83. The van der Waals surface area contributed by atoms with Crippen molar-refractivity contribution in [2.75, 3.05) is 19.6 Å². The zero-order valence-electron chi connectivity index (χ0n) is 18.9. The summed E-state index contributed by atoms with van der Waals surface area (Å²) in [4.78, 5) is 2.92. The summed E-state index contributed by atoms with van der Waals surface area (Å²) in [6.07, 6.45) is 1.08. The zero-order chi connectivity index (χ0) is 21.8. The van der Waals surface area contributed by atoms with E-state index in [-0.39, 0.29) is 6.54 Å². The van der Waals surface area contributed by atoms with Crippen LogP contribution in [-0.2, 0) is 23.1 Å². The minimum atomic E-state index is -3.60. The number of aryl methyl sites for hydroxylation is 2. The van der Waals surface area contributed by atoms with Crippen LogP contribution in [0.4, 0.5) is 0 Å². The molecule has 1 fully saturated rings. The van der Waals surface area contributed by atoms with Gasteiger partial charge >= 0.3 is 0 Å². The standard InChI is InChI=1S/C22H33N5O2S/c1-14(2)25-8-7-19(12-25)22-24-23-20-13-26(9-10-27(20)22)30(28,29)21-17(5)15(3)11-16(4)18(21)6/h11,14,19H,7-10,12-13H2,1-6H3/t19-/m0/s1. The third-order valence-corrected chi connectivity index (χ3v) is 9.08. The highest BCUT2D eigenvalue weighted by Crippen LogP contribution is 2.32. The molecular weight excluding hydrogens is 398 g/mol. The maximum atomic E-state index is 13.6. The fourth-order valence-corrected chi connectivity index (χ4v) is 6.79. The van der Waals surface area contributed by atoms with Gasteiger partial charge in [-0.3, -0.25) is 0 Å². The second-order valence-electron chi connectivity index (χ2n) is 9.13. The SMILES string of the molecule is Cc1cc(C)c(C)c(S(=O)(=O)N2CCn3c(nnc3[C@H]3CCN(C(C)C)C3)C2)c1C. The van der Waals surface area contributed by atoms with Crippen molar-refractivity contribution in [3.05, 3.63) is 40.0 Å². The Hall–Kier alpha value is -1.77. The quantitative estimate of drug-likeness (QED) is 0.744. The van der Waals surface area contributed by atoms with Gasteiger partial charge in [0.15, 0.2) is 0 Å². The first-order valence-electron chi connectivity index (χ1n) is 10.8. The number of likely N-dealkylation sites (tertiary alicyclic amines) is 1. The van der Waals surface area contributed by atoms with Crippen molar-refractivity contribution in [2.24, 2.45) is 0 Å². The third-order valence-electron chi connectivity index (χ3n) is 6.96. The normalized spacial score (nSPS) is 20.8. The lowest BCUT2D eigenvalue weighted by atomic mass is 10.0. The van der Waals surface area contributed by atoms with Crippen LogP contribution in [0.3, 0.4) is 0 Å². The molecule has 7 nitrogen and oxygen atoms in total. The smallest absolute Gasteiger partial charge is 0.244 e. The summed E-state index contributed by atoms with van der Waals surface area (Å²) in [5.41, 5.74) is 3.70. The molecule has 0 unspecified atom stereocenters. The van der Waals surface area contributed by atoms with Gasteiger partial charge in [0.05, 0.1) is 11.4 Å². The molecule has 0 bridgehead atoms. The number of aromatic nitrogens is 3.